The number of carbonyl (C=O) groups is 1. The molecule has 0 saturated carbocycles. The number of nitrogens with one attached hydrogen (secondary N) is 1. The fraction of sp³-hybridized carbons (Fsp3) is 0.435. The van der Waals surface area contributed by atoms with E-state index in [0.29, 0.717) is 28.9 Å². The highest BCUT2D eigenvalue weighted by atomic mass is 32.2. The van der Waals surface area contributed by atoms with E-state index in [1.54, 1.807) is 20.8 Å². The Bertz CT molecular complexity index is 1070. The minimum atomic E-state index is -3.65. The van der Waals surface area contributed by atoms with Gasteiger partial charge in [0, 0.05) is 30.6 Å². The Morgan fingerprint density at radius 2 is 1.65 bits per heavy atom. The van der Waals surface area contributed by atoms with E-state index >= 15 is 0 Å². The number of benzene rings is 2. The van der Waals surface area contributed by atoms with Crippen molar-refractivity contribution in [3.63, 3.8) is 0 Å². The van der Waals surface area contributed by atoms with Crippen LogP contribution < -0.4 is 5.32 Å². The molecule has 1 unspecified atom stereocenters. The maximum atomic E-state index is 14.0. The molecule has 1 aliphatic heterocycles. The van der Waals surface area contributed by atoms with Gasteiger partial charge in [0.05, 0.1) is 10.9 Å². The van der Waals surface area contributed by atoms with Crippen molar-refractivity contribution in [3.05, 3.63) is 64.2 Å². The summed E-state index contributed by atoms with van der Waals surface area (Å²) in [5.74, 6) is -2.00. The first-order valence-corrected chi connectivity index (χ1v) is 11.8. The van der Waals surface area contributed by atoms with Crippen molar-refractivity contribution in [2.75, 3.05) is 13.1 Å². The van der Waals surface area contributed by atoms with Crippen LogP contribution in [0.5, 0.6) is 0 Å². The lowest BCUT2D eigenvalue weighted by atomic mass is 9.96. The van der Waals surface area contributed by atoms with Gasteiger partial charge < -0.3 is 5.32 Å². The van der Waals surface area contributed by atoms with Crippen molar-refractivity contribution in [1.82, 2.24) is 9.62 Å². The second kappa shape index (κ2) is 9.04. The molecule has 1 N–H and O–H groups in total. The standard InChI is InChI=1S/C23H28F2N2O3S/c1-14-11-15(2)22(16(3)12-14)31(29,30)27-9-7-18(8-10-27)23(28)26-17(4)20-6-5-19(24)13-21(20)25/h5-6,11-13,17-18H,7-10H2,1-4H3,(H,26,28). The highest BCUT2D eigenvalue weighted by Gasteiger charge is 2.34. The number of piperidine rings is 1. The van der Waals surface area contributed by atoms with Crippen LogP contribution in [0, 0.1) is 38.3 Å². The highest BCUT2D eigenvalue weighted by Crippen LogP contribution is 2.29. The van der Waals surface area contributed by atoms with E-state index in [1.165, 1.54) is 10.4 Å². The number of rotatable bonds is 5. The number of hydrogen-bond acceptors (Lipinski definition) is 3. The zero-order valence-electron chi connectivity index (χ0n) is 18.2. The molecule has 3 rings (SSSR count). The first-order valence-electron chi connectivity index (χ1n) is 10.3. The smallest absolute Gasteiger partial charge is 0.243 e. The van der Waals surface area contributed by atoms with E-state index in [1.807, 2.05) is 19.1 Å². The lowest BCUT2D eigenvalue weighted by Crippen LogP contribution is -2.43. The minimum absolute atomic E-state index is 0.208. The SMILES string of the molecule is Cc1cc(C)c(S(=O)(=O)N2CCC(C(=O)NC(C)c3ccc(F)cc3F)CC2)c(C)c1. The van der Waals surface area contributed by atoms with Gasteiger partial charge >= 0.3 is 0 Å². The van der Waals surface area contributed by atoms with Gasteiger partial charge in [-0.05, 0) is 57.7 Å². The molecule has 31 heavy (non-hydrogen) atoms. The zero-order chi connectivity index (χ0) is 22.9. The summed E-state index contributed by atoms with van der Waals surface area (Å²) in [4.78, 5) is 13.0. The monoisotopic (exact) mass is 450 g/mol. The van der Waals surface area contributed by atoms with Crippen LogP contribution >= 0.6 is 0 Å². The molecule has 0 aromatic heterocycles. The summed E-state index contributed by atoms with van der Waals surface area (Å²) < 4.78 is 54.9. The van der Waals surface area contributed by atoms with Gasteiger partial charge in [-0.2, -0.15) is 4.31 Å². The van der Waals surface area contributed by atoms with Gasteiger partial charge in [0.25, 0.3) is 0 Å². The van der Waals surface area contributed by atoms with E-state index < -0.39 is 27.7 Å². The molecule has 1 heterocycles. The zero-order valence-corrected chi connectivity index (χ0v) is 19.0. The van der Waals surface area contributed by atoms with E-state index in [9.17, 15) is 22.0 Å². The topological polar surface area (TPSA) is 66.5 Å². The molecule has 5 nitrogen and oxygen atoms in total. The molecule has 1 saturated heterocycles. The summed E-state index contributed by atoms with van der Waals surface area (Å²) in [5.41, 5.74) is 2.65. The summed E-state index contributed by atoms with van der Waals surface area (Å²) in [5, 5.41) is 2.77. The molecule has 2 aromatic rings. The first kappa shape index (κ1) is 23.3. The van der Waals surface area contributed by atoms with Crippen LogP contribution in [0.1, 0.15) is 48.1 Å². The van der Waals surface area contributed by atoms with Crippen molar-refractivity contribution in [1.29, 1.82) is 0 Å². The molecule has 8 heteroatoms. The van der Waals surface area contributed by atoms with E-state index in [2.05, 4.69) is 5.32 Å². The summed E-state index contributed by atoms with van der Waals surface area (Å²) in [7, 11) is -3.65. The van der Waals surface area contributed by atoms with Crippen LogP contribution in [0.4, 0.5) is 8.78 Å². The molecule has 0 radical (unpaired) electrons. The molecule has 168 valence electrons. The Kier molecular flexibility index (Phi) is 6.81. The van der Waals surface area contributed by atoms with Gasteiger partial charge in [-0.15, -0.1) is 0 Å². The lowest BCUT2D eigenvalue weighted by Gasteiger charge is -2.32. The van der Waals surface area contributed by atoms with Crippen LogP contribution in [-0.2, 0) is 14.8 Å². The highest BCUT2D eigenvalue weighted by molar-refractivity contribution is 7.89. The summed E-state index contributed by atoms with van der Waals surface area (Å²) >= 11 is 0. The van der Waals surface area contributed by atoms with Crippen molar-refractivity contribution in [2.24, 2.45) is 5.92 Å². The quantitative estimate of drug-likeness (QED) is 0.744. The Morgan fingerprint density at radius 3 is 2.19 bits per heavy atom. The Labute approximate surface area is 182 Å². The van der Waals surface area contributed by atoms with Gasteiger partial charge in [0.15, 0.2) is 0 Å². The van der Waals surface area contributed by atoms with Crippen molar-refractivity contribution in [2.45, 2.75) is 51.5 Å². The fourth-order valence-electron chi connectivity index (χ4n) is 4.32. The molecule has 0 bridgehead atoms. The Morgan fingerprint density at radius 1 is 1.06 bits per heavy atom. The minimum Gasteiger partial charge on any atom is -0.349 e. The van der Waals surface area contributed by atoms with Crippen LogP contribution in [0.25, 0.3) is 0 Å². The molecule has 1 fully saturated rings. The fourth-order valence-corrected chi connectivity index (χ4v) is 6.20. The van der Waals surface area contributed by atoms with Crippen LogP contribution in [0.15, 0.2) is 35.2 Å². The third-order valence-corrected chi connectivity index (χ3v) is 8.02. The molecule has 0 aliphatic carbocycles. The third kappa shape index (κ3) is 4.96. The normalized spacial score (nSPS) is 16.8. The Hall–Kier alpha value is -2.32. The second-order valence-electron chi connectivity index (χ2n) is 8.30. The third-order valence-electron chi connectivity index (χ3n) is 5.82. The van der Waals surface area contributed by atoms with Gasteiger partial charge in [0.1, 0.15) is 11.6 Å². The number of amides is 1. The summed E-state index contributed by atoms with van der Waals surface area (Å²) in [6, 6.07) is 6.35. The average Bonchev–Trinajstić information content (AvgIpc) is 2.66. The lowest BCUT2D eigenvalue weighted by molar-refractivity contribution is -0.126. The molecular weight excluding hydrogens is 422 g/mol. The first-order chi connectivity index (χ1) is 14.5. The van der Waals surface area contributed by atoms with Crippen LogP contribution in [0.3, 0.4) is 0 Å². The van der Waals surface area contributed by atoms with Crippen molar-refractivity contribution < 1.29 is 22.0 Å². The van der Waals surface area contributed by atoms with E-state index in [0.717, 1.165) is 17.7 Å². The van der Waals surface area contributed by atoms with Gasteiger partial charge in [-0.1, -0.05) is 23.8 Å². The number of aryl methyl sites for hydroxylation is 3. The largest absolute Gasteiger partial charge is 0.349 e. The average molecular weight is 451 g/mol. The summed E-state index contributed by atoms with van der Waals surface area (Å²) in [6.07, 6.45) is 0.765. The number of sulfonamides is 1. The van der Waals surface area contributed by atoms with Crippen molar-refractivity contribution >= 4 is 15.9 Å². The number of halogens is 2. The van der Waals surface area contributed by atoms with Crippen LogP contribution in [-0.4, -0.2) is 31.7 Å². The predicted molar refractivity (Wildman–Crippen MR) is 115 cm³/mol. The van der Waals surface area contributed by atoms with Gasteiger partial charge in [0.2, 0.25) is 15.9 Å². The van der Waals surface area contributed by atoms with E-state index in [4.69, 9.17) is 0 Å². The number of carbonyl (C=O) groups excluding carboxylic acids is 1. The number of nitrogens with zero attached hydrogens (tertiary/aromatic N) is 1. The van der Waals surface area contributed by atoms with Crippen LogP contribution in [0.2, 0.25) is 0 Å². The Balaban J connectivity index is 1.65. The molecule has 1 amide bonds. The molecule has 1 atom stereocenters. The summed E-state index contributed by atoms with van der Waals surface area (Å²) in [6.45, 7) is 7.64. The van der Waals surface area contributed by atoms with Gasteiger partial charge in [-0.3, -0.25) is 4.79 Å². The maximum absolute atomic E-state index is 14.0. The molecular formula is C23H28F2N2O3S. The maximum Gasteiger partial charge on any atom is 0.243 e. The second-order valence-corrected chi connectivity index (χ2v) is 10.2. The van der Waals surface area contributed by atoms with Crippen molar-refractivity contribution in [3.8, 4) is 0 Å². The van der Waals surface area contributed by atoms with Gasteiger partial charge in [-0.25, -0.2) is 17.2 Å². The predicted octanol–water partition coefficient (Wildman–Crippen LogP) is 4.17. The molecule has 0 spiro atoms. The molecule has 2 aromatic carbocycles. The number of hydrogen-bond donors (Lipinski definition) is 1. The van der Waals surface area contributed by atoms with E-state index in [-0.39, 0.29) is 30.5 Å². The molecule has 1 aliphatic rings.